The van der Waals surface area contributed by atoms with Gasteiger partial charge in [-0.2, -0.15) is 0 Å². The molecule has 0 spiro atoms. The third-order valence-electron chi connectivity index (χ3n) is 4.53. The molecule has 1 fully saturated rings. The first-order valence-electron chi connectivity index (χ1n) is 9.55. The lowest BCUT2D eigenvalue weighted by atomic mass is 10.1. The molecule has 4 atom stereocenters. The second-order valence-corrected chi connectivity index (χ2v) is 6.65. The van der Waals surface area contributed by atoms with Gasteiger partial charge in [0.1, 0.15) is 24.4 Å². The summed E-state index contributed by atoms with van der Waals surface area (Å²) in [5, 5.41) is 28.4. The average Bonchev–Trinajstić information content (AvgIpc) is 2.96. The van der Waals surface area contributed by atoms with Gasteiger partial charge in [-0.1, -0.05) is 64.0 Å². The Labute approximate surface area is 146 Å². The van der Waals surface area contributed by atoms with Gasteiger partial charge in [-0.15, -0.1) is 0 Å². The van der Waals surface area contributed by atoms with Gasteiger partial charge < -0.3 is 24.8 Å². The van der Waals surface area contributed by atoms with Crippen molar-refractivity contribution in [3.05, 3.63) is 12.2 Å². The minimum absolute atomic E-state index is 0.245. The SMILES string of the molecule is CCCCCCCCCC/C=C/CO[C@@H]1CO[C@@H]([C@@H](O)CO)[C@H]1O. The third kappa shape index (κ3) is 8.58. The van der Waals surface area contributed by atoms with Crippen LogP contribution in [0.15, 0.2) is 12.2 Å². The molecule has 0 unspecified atom stereocenters. The number of hydrogen-bond donors (Lipinski definition) is 3. The summed E-state index contributed by atoms with van der Waals surface area (Å²) < 4.78 is 10.8. The highest BCUT2D eigenvalue weighted by atomic mass is 16.6. The minimum Gasteiger partial charge on any atom is -0.394 e. The summed E-state index contributed by atoms with van der Waals surface area (Å²) in [6.45, 7) is 2.50. The molecule has 3 N–H and O–H groups in total. The van der Waals surface area contributed by atoms with Crippen LogP contribution >= 0.6 is 0 Å². The Morgan fingerprint density at radius 1 is 1.08 bits per heavy atom. The average molecular weight is 344 g/mol. The number of allylic oxidation sites excluding steroid dienone is 1. The fourth-order valence-corrected chi connectivity index (χ4v) is 2.97. The zero-order valence-corrected chi connectivity index (χ0v) is 15.1. The van der Waals surface area contributed by atoms with Crippen LogP contribution in [0.5, 0.6) is 0 Å². The van der Waals surface area contributed by atoms with Crippen molar-refractivity contribution in [1.82, 2.24) is 0 Å². The Morgan fingerprint density at radius 2 is 1.75 bits per heavy atom. The molecule has 1 heterocycles. The summed E-state index contributed by atoms with van der Waals surface area (Å²) in [5.41, 5.74) is 0. The van der Waals surface area contributed by atoms with Crippen LogP contribution in [-0.4, -0.2) is 59.6 Å². The van der Waals surface area contributed by atoms with E-state index in [9.17, 15) is 10.2 Å². The lowest BCUT2D eigenvalue weighted by Gasteiger charge is -2.20. The molecule has 0 aromatic rings. The van der Waals surface area contributed by atoms with Crippen LogP contribution in [-0.2, 0) is 9.47 Å². The molecule has 142 valence electrons. The standard InChI is InChI=1S/C19H36O5/c1-2-3-4-5-6-7-8-9-10-11-12-13-23-17-15-24-19(18(17)22)16(21)14-20/h11-12,16-22H,2-10,13-15H2,1H3/b12-11+/t16-,17+,18-,19-/m0/s1. The van der Waals surface area contributed by atoms with E-state index in [0.717, 1.165) is 6.42 Å². The van der Waals surface area contributed by atoms with E-state index in [0.29, 0.717) is 6.61 Å². The second kappa shape index (κ2) is 13.8. The lowest BCUT2D eigenvalue weighted by molar-refractivity contribution is -0.0716. The van der Waals surface area contributed by atoms with E-state index < -0.39 is 31.0 Å². The number of ether oxygens (including phenoxy) is 2. The first-order valence-corrected chi connectivity index (χ1v) is 9.55. The fourth-order valence-electron chi connectivity index (χ4n) is 2.97. The van der Waals surface area contributed by atoms with E-state index in [1.54, 1.807) is 0 Å². The van der Waals surface area contributed by atoms with E-state index in [1.807, 2.05) is 6.08 Å². The van der Waals surface area contributed by atoms with Crippen LogP contribution in [0.2, 0.25) is 0 Å². The van der Waals surface area contributed by atoms with E-state index in [-0.39, 0.29) is 6.61 Å². The summed E-state index contributed by atoms with van der Waals surface area (Å²) in [7, 11) is 0. The van der Waals surface area contributed by atoms with Crippen LogP contribution in [0.25, 0.3) is 0 Å². The molecule has 1 rings (SSSR count). The van der Waals surface area contributed by atoms with Crippen molar-refractivity contribution in [2.45, 2.75) is 89.1 Å². The van der Waals surface area contributed by atoms with Crippen molar-refractivity contribution in [3.8, 4) is 0 Å². The maximum Gasteiger partial charge on any atom is 0.114 e. The summed E-state index contributed by atoms with van der Waals surface area (Å²) in [5.74, 6) is 0. The number of aliphatic hydroxyl groups is 3. The molecular weight excluding hydrogens is 308 g/mol. The molecule has 5 heteroatoms. The maximum atomic E-state index is 9.98. The van der Waals surface area contributed by atoms with Gasteiger partial charge >= 0.3 is 0 Å². The molecule has 0 radical (unpaired) electrons. The Morgan fingerprint density at radius 3 is 2.42 bits per heavy atom. The van der Waals surface area contributed by atoms with Crippen molar-refractivity contribution in [1.29, 1.82) is 0 Å². The van der Waals surface area contributed by atoms with Crippen LogP contribution in [0.3, 0.4) is 0 Å². The molecule has 1 saturated heterocycles. The quantitative estimate of drug-likeness (QED) is 0.333. The number of unbranched alkanes of at least 4 members (excludes halogenated alkanes) is 8. The maximum absolute atomic E-state index is 9.98. The zero-order chi connectivity index (χ0) is 17.6. The molecule has 0 saturated carbocycles. The normalized spacial score (nSPS) is 25.6. The van der Waals surface area contributed by atoms with Gasteiger partial charge in [0.2, 0.25) is 0 Å². The van der Waals surface area contributed by atoms with Crippen molar-refractivity contribution in [3.63, 3.8) is 0 Å². The monoisotopic (exact) mass is 344 g/mol. The van der Waals surface area contributed by atoms with E-state index in [2.05, 4.69) is 13.0 Å². The number of hydrogen-bond acceptors (Lipinski definition) is 5. The molecule has 0 amide bonds. The van der Waals surface area contributed by atoms with Crippen molar-refractivity contribution in [2.24, 2.45) is 0 Å². The van der Waals surface area contributed by atoms with Gasteiger partial charge in [0, 0.05) is 0 Å². The molecule has 0 aromatic heterocycles. The molecule has 0 aromatic carbocycles. The summed E-state index contributed by atoms with van der Waals surface area (Å²) >= 11 is 0. The Hall–Kier alpha value is -0.460. The van der Waals surface area contributed by atoms with Crippen LogP contribution in [0, 0.1) is 0 Å². The van der Waals surface area contributed by atoms with Crippen molar-refractivity contribution >= 4 is 0 Å². The third-order valence-corrected chi connectivity index (χ3v) is 4.53. The topological polar surface area (TPSA) is 79.2 Å². The summed E-state index contributed by atoms with van der Waals surface area (Å²) in [6.07, 6.45) is 12.6. The van der Waals surface area contributed by atoms with Crippen molar-refractivity contribution in [2.75, 3.05) is 19.8 Å². The highest BCUT2D eigenvalue weighted by Crippen LogP contribution is 2.20. The molecule has 0 bridgehead atoms. The highest BCUT2D eigenvalue weighted by Gasteiger charge is 2.40. The summed E-state index contributed by atoms with van der Waals surface area (Å²) in [6, 6.07) is 0. The van der Waals surface area contributed by atoms with Gasteiger partial charge in [0.15, 0.2) is 0 Å². The van der Waals surface area contributed by atoms with Gasteiger partial charge in [0.05, 0.1) is 19.8 Å². The van der Waals surface area contributed by atoms with Crippen LogP contribution < -0.4 is 0 Å². The smallest absolute Gasteiger partial charge is 0.114 e. The zero-order valence-electron chi connectivity index (χ0n) is 15.1. The van der Waals surface area contributed by atoms with Gasteiger partial charge in [-0.25, -0.2) is 0 Å². The molecule has 1 aliphatic rings. The van der Waals surface area contributed by atoms with Crippen LogP contribution in [0.1, 0.15) is 64.7 Å². The Bertz CT molecular complexity index is 321. The van der Waals surface area contributed by atoms with E-state index >= 15 is 0 Å². The molecule has 1 aliphatic heterocycles. The molecule has 24 heavy (non-hydrogen) atoms. The minimum atomic E-state index is -1.06. The molecule has 5 nitrogen and oxygen atoms in total. The fraction of sp³-hybridized carbons (Fsp3) is 0.895. The van der Waals surface area contributed by atoms with Crippen LogP contribution in [0.4, 0.5) is 0 Å². The van der Waals surface area contributed by atoms with Gasteiger partial charge in [0.25, 0.3) is 0 Å². The first-order chi connectivity index (χ1) is 11.7. The second-order valence-electron chi connectivity index (χ2n) is 6.65. The lowest BCUT2D eigenvalue weighted by Crippen LogP contribution is -2.41. The number of rotatable bonds is 14. The predicted molar refractivity (Wildman–Crippen MR) is 94.9 cm³/mol. The predicted octanol–water partition coefficient (Wildman–Crippen LogP) is 2.57. The highest BCUT2D eigenvalue weighted by molar-refractivity contribution is 4.90. The summed E-state index contributed by atoms with van der Waals surface area (Å²) in [4.78, 5) is 0. The number of aliphatic hydroxyl groups excluding tert-OH is 3. The van der Waals surface area contributed by atoms with Gasteiger partial charge in [-0.05, 0) is 12.8 Å². The molecular formula is C19H36O5. The first kappa shape index (κ1) is 21.6. The van der Waals surface area contributed by atoms with E-state index in [4.69, 9.17) is 14.6 Å². The molecule has 0 aliphatic carbocycles. The Kier molecular flexibility index (Phi) is 12.4. The largest absolute Gasteiger partial charge is 0.394 e. The van der Waals surface area contributed by atoms with Crippen molar-refractivity contribution < 1.29 is 24.8 Å². The van der Waals surface area contributed by atoms with Gasteiger partial charge in [-0.3, -0.25) is 0 Å². The Balaban J connectivity index is 1.97. The van der Waals surface area contributed by atoms with E-state index in [1.165, 1.54) is 51.4 Å².